The molecule has 16 aromatic rings. The SMILES string of the molecule is CC1CN(C(=O)c2cc3cc(Nc4nccc(-c5ccccn5)n4)ccc3[nH]2)CCN1C(=O)N1CCCC1.CN1CCC(N2CCN(C(=O)c3cc4cc(Nc5nccc(-c6ccccn6)n5)ccc4[nH]3)CC2)CC1.CN1CCN(C2CCN(C(=O)c3cc4cc(Nc5nccc(-c6ccccn6)n5)ccc4[nH]3)CC2)CC1.O=C(c1cc2cc(Nc3nccc(-c4ccccn4)n3)ccc2[nH]1)N1CCC(CCN2CCCC2)CC1. The highest BCUT2D eigenvalue weighted by atomic mass is 16.2. The van der Waals surface area contributed by atoms with Gasteiger partial charge in [0.15, 0.2) is 0 Å². The summed E-state index contributed by atoms with van der Waals surface area (Å²) in [5, 5.41) is 16.9. The molecule has 1 atom stereocenters. The third kappa shape index (κ3) is 24.5. The number of nitrogens with zero attached hydrogens (tertiary/aromatic N) is 23. The molecule has 8 saturated heterocycles. The summed E-state index contributed by atoms with van der Waals surface area (Å²) in [6, 6.07) is 63.0. The first-order valence-electron chi connectivity index (χ1n) is 52.4. The van der Waals surface area contributed by atoms with E-state index < -0.39 is 0 Å². The molecular weight excluding hydrogens is 1870 g/mol. The zero-order valence-electron chi connectivity index (χ0n) is 84.6. The molecule has 20 heterocycles. The first kappa shape index (κ1) is 99.1. The number of piperidine rings is 3. The largest absolute Gasteiger partial charge is 0.351 e. The van der Waals surface area contributed by atoms with Gasteiger partial charge in [-0.3, -0.25) is 48.9 Å². The van der Waals surface area contributed by atoms with E-state index in [1.54, 1.807) is 49.6 Å². The topological polar surface area (TPSA) is 387 Å². The summed E-state index contributed by atoms with van der Waals surface area (Å²) in [5.41, 5.74) is 15.7. The summed E-state index contributed by atoms with van der Waals surface area (Å²) in [7, 11) is 4.38. The molecule has 764 valence electrons. The Kier molecular flexibility index (Phi) is 30.9. The van der Waals surface area contributed by atoms with Gasteiger partial charge in [-0.25, -0.2) is 44.7 Å². The van der Waals surface area contributed by atoms with Gasteiger partial charge in [0.1, 0.15) is 22.8 Å². The van der Waals surface area contributed by atoms with Crippen molar-refractivity contribution in [1.29, 1.82) is 0 Å². The lowest BCUT2D eigenvalue weighted by molar-refractivity contribution is 0.0471. The van der Waals surface area contributed by atoms with Crippen LogP contribution in [0.3, 0.4) is 0 Å². The molecule has 24 rings (SSSR count). The number of hydrogen-bond donors (Lipinski definition) is 8. The van der Waals surface area contributed by atoms with Crippen molar-refractivity contribution in [3.63, 3.8) is 0 Å². The van der Waals surface area contributed by atoms with Crippen molar-refractivity contribution >= 4 is 120 Å². The summed E-state index contributed by atoms with van der Waals surface area (Å²) < 4.78 is 0. The Morgan fingerprint density at radius 2 is 0.624 bits per heavy atom. The van der Waals surface area contributed by atoms with E-state index in [2.05, 4.69) is 140 Å². The molecule has 4 aromatic carbocycles. The first-order valence-corrected chi connectivity index (χ1v) is 52.4. The number of hydrogen-bond acceptors (Lipinski definition) is 26. The molecule has 149 heavy (non-hydrogen) atoms. The van der Waals surface area contributed by atoms with Crippen LogP contribution in [0.25, 0.3) is 89.2 Å². The molecule has 36 nitrogen and oxygen atoms in total. The minimum atomic E-state index is -0.0535. The Hall–Kier alpha value is -15.9. The zero-order valence-corrected chi connectivity index (χ0v) is 84.6. The standard InChI is InChI=1S/C29H33N7O.C28H30N8O2.2C28H32N8O/c37-28(36-17-10-21(11-18-36)9-16-35-14-3-4-15-35)27-20-22-19-23(6-7-24(22)33-27)32-29-31-13-8-26(34-29)25-5-1-2-12-30-25;1-19-18-35(14-15-36(19)28(38)34-12-4-5-13-34)26(37)25-17-20-16-21(7-8-22(20)32-25)31-27-30-11-9-24(33-27)23-6-2-3-10-29-23;1-34-14-16-35(17-15-34)22-8-12-36(13-9-22)27(37)26-19-20-18-21(5-6-23(20)32-26)31-28-30-11-7-25(33-28)24-4-2-3-10-29-24;1-34-12-8-22(9-13-34)35-14-16-36(17-15-35)27(37)26-19-20-18-21(5-6-23(20)32-26)31-28-30-11-7-25(33-28)24-4-2-3-10-29-24/h1-2,5-8,12-13,19-21,33H,3-4,9-11,14-18H2,(H,31,32,34);2-3,6-11,16-17,19,32H,4-5,12-15,18H2,1H3,(H,30,31,33);2*2-7,10-11,18-19,22,32H,8-9,12-17H2,1H3,(H,30,31,33). The smallest absolute Gasteiger partial charge is 0.320 e. The van der Waals surface area contributed by atoms with Crippen molar-refractivity contribution in [3.8, 4) is 45.6 Å². The van der Waals surface area contributed by atoms with Gasteiger partial charge in [0.05, 0.1) is 45.6 Å². The molecule has 12 aromatic heterocycles. The van der Waals surface area contributed by atoms with Crippen LogP contribution in [0.1, 0.15) is 120 Å². The summed E-state index contributed by atoms with van der Waals surface area (Å²) in [6.45, 7) is 22.6. The minimum absolute atomic E-state index is 0.0252. The van der Waals surface area contributed by atoms with Crippen LogP contribution in [0.15, 0.2) is 244 Å². The van der Waals surface area contributed by atoms with Crippen molar-refractivity contribution < 1.29 is 24.0 Å². The highest BCUT2D eigenvalue weighted by Crippen LogP contribution is 2.34. The van der Waals surface area contributed by atoms with Gasteiger partial charge in [0.25, 0.3) is 23.6 Å². The van der Waals surface area contributed by atoms with Crippen LogP contribution in [0, 0.1) is 5.92 Å². The molecule has 0 bridgehead atoms. The van der Waals surface area contributed by atoms with E-state index in [0.29, 0.717) is 78.3 Å². The lowest BCUT2D eigenvalue weighted by atomic mass is 9.93. The van der Waals surface area contributed by atoms with Crippen LogP contribution in [-0.4, -0.2) is 340 Å². The fourth-order valence-electron chi connectivity index (χ4n) is 21.4. The predicted molar refractivity (Wildman–Crippen MR) is 581 cm³/mol. The second kappa shape index (κ2) is 46.5. The maximum absolute atomic E-state index is 13.3. The van der Waals surface area contributed by atoms with Gasteiger partial charge in [-0.15, -0.1) is 0 Å². The molecule has 0 radical (unpaired) electrons. The average molecular weight is 2000 g/mol. The minimum Gasteiger partial charge on any atom is -0.351 e. The van der Waals surface area contributed by atoms with Crippen molar-refractivity contribution in [1.82, 2.24) is 134 Å². The number of benzene rings is 4. The number of carbonyl (C=O) groups excluding carboxylic acids is 5. The molecule has 0 saturated carbocycles. The molecule has 8 aliphatic heterocycles. The number of rotatable bonds is 21. The van der Waals surface area contributed by atoms with Gasteiger partial charge >= 0.3 is 6.03 Å². The molecule has 8 aliphatic rings. The Morgan fingerprint density at radius 1 is 0.302 bits per heavy atom. The summed E-state index contributed by atoms with van der Waals surface area (Å²) >= 11 is 0. The number of nitrogens with one attached hydrogen (secondary N) is 8. The van der Waals surface area contributed by atoms with E-state index in [1.807, 2.05) is 230 Å². The summed E-state index contributed by atoms with van der Waals surface area (Å²) in [6.07, 6.45) is 26.7. The zero-order chi connectivity index (χ0) is 101. The average Bonchev–Trinajstić information content (AvgIpc) is 1.66. The van der Waals surface area contributed by atoms with Gasteiger partial charge in [0, 0.05) is 245 Å². The van der Waals surface area contributed by atoms with E-state index in [1.165, 1.54) is 51.7 Å². The van der Waals surface area contributed by atoms with Gasteiger partial charge in [-0.05, 0) is 300 Å². The number of fused-ring (bicyclic) bond motifs is 4. The number of urea groups is 1. The number of aromatic amines is 4. The van der Waals surface area contributed by atoms with Crippen molar-refractivity contribution in [2.24, 2.45) is 5.92 Å². The number of piperazine rings is 3. The number of likely N-dealkylation sites (N-methyl/N-ethyl adjacent to an activating group) is 1. The molecule has 6 amide bonds. The maximum Gasteiger partial charge on any atom is 0.320 e. The number of likely N-dealkylation sites (tertiary alicyclic amines) is 5. The van der Waals surface area contributed by atoms with Crippen LogP contribution in [0.2, 0.25) is 0 Å². The van der Waals surface area contributed by atoms with Crippen LogP contribution in [0.5, 0.6) is 0 Å². The quantitative estimate of drug-likeness (QED) is 0.0331. The van der Waals surface area contributed by atoms with Gasteiger partial charge in [0.2, 0.25) is 23.8 Å². The second-order valence-corrected chi connectivity index (χ2v) is 39.9. The molecule has 0 aliphatic carbocycles. The Bertz CT molecular complexity index is 7070. The van der Waals surface area contributed by atoms with Gasteiger partial charge in [-0.1, -0.05) is 24.3 Å². The van der Waals surface area contributed by atoms with Crippen LogP contribution in [-0.2, 0) is 0 Å². The van der Waals surface area contributed by atoms with Crippen molar-refractivity contribution in [2.45, 2.75) is 95.7 Å². The van der Waals surface area contributed by atoms with E-state index in [0.717, 1.165) is 261 Å². The predicted octanol–water partition coefficient (Wildman–Crippen LogP) is 16.5. The van der Waals surface area contributed by atoms with E-state index in [4.69, 9.17) is 0 Å². The van der Waals surface area contributed by atoms with Crippen LogP contribution < -0.4 is 21.3 Å². The fourth-order valence-corrected chi connectivity index (χ4v) is 21.4. The molecule has 8 N–H and O–H groups in total. The number of aromatic nitrogens is 16. The van der Waals surface area contributed by atoms with Crippen LogP contribution >= 0.6 is 0 Å². The molecule has 0 spiro atoms. The van der Waals surface area contributed by atoms with Gasteiger partial charge < -0.3 is 85.3 Å². The third-order valence-electron chi connectivity index (χ3n) is 29.9. The second-order valence-electron chi connectivity index (χ2n) is 39.9. The number of pyridine rings is 4. The molecule has 8 fully saturated rings. The van der Waals surface area contributed by atoms with Crippen LogP contribution in [0.4, 0.5) is 51.3 Å². The Balaban J connectivity index is 0.000000116. The lowest BCUT2D eigenvalue weighted by Crippen LogP contribution is -2.58. The highest BCUT2D eigenvalue weighted by Gasteiger charge is 2.37. The van der Waals surface area contributed by atoms with Crippen molar-refractivity contribution in [2.75, 3.05) is 179 Å². The third-order valence-corrected chi connectivity index (χ3v) is 29.9. The fraction of sp³-hybridized carbons (Fsp3) is 0.354. The first-order chi connectivity index (χ1) is 73.0. The Labute approximate surface area is 865 Å². The number of amides is 6. The number of H-pyrrole nitrogens is 4. The van der Waals surface area contributed by atoms with Gasteiger partial charge in [-0.2, -0.15) is 0 Å². The van der Waals surface area contributed by atoms with E-state index >= 15 is 0 Å². The normalized spacial score (nSPS) is 17.6. The van der Waals surface area contributed by atoms with E-state index in [9.17, 15) is 24.0 Å². The number of anilines is 8. The van der Waals surface area contributed by atoms with Crippen molar-refractivity contribution in [3.05, 3.63) is 266 Å². The van der Waals surface area contributed by atoms with E-state index in [-0.39, 0.29) is 35.7 Å². The molecule has 36 heteroatoms. The lowest BCUT2D eigenvalue weighted by Gasteiger charge is -2.42. The highest BCUT2D eigenvalue weighted by molar-refractivity contribution is 6.02. The maximum atomic E-state index is 13.3. The number of carbonyl (C=O) groups is 5. The molecule has 1 unspecified atom stereocenters. The molecular formula is C113H127N31O5. The summed E-state index contributed by atoms with van der Waals surface area (Å²) in [4.78, 5) is 157. The summed E-state index contributed by atoms with van der Waals surface area (Å²) in [5.74, 6) is 2.89. The Morgan fingerprint density at radius 3 is 0.980 bits per heavy atom. The monoisotopic (exact) mass is 2000 g/mol.